The predicted molar refractivity (Wildman–Crippen MR) is 481 cm³/mol. The SMILES string of the molecule is CC(C)CO.COc1cccc(-c2c(C)n(Cc3c(F)cccc3F)c(=O)n(CC(C)C)c2=O)c1F.COc1cccc(-c2c(C)n(Cc3c(F)cccc3F)c(=O)n(C[C@@H](C)N)c2=O)c1F.COc1cccc(B(O)O)c1F.Cc1c(Br)c(=O)[nH]c(=O)n1Cc1c(F)cccc1F.Cc1c(Br)c(=O)n(CC(C)C)c(=O)n1Cc1c(F)cccc1F.O=Cc1ccccn1.[B].[H-].[Na+]. The maximum Gasteiger partial charge on any atom is 1.00 e. The summed E-state index contributed by atoms with van der Waals surface area (Å²) < 4.78 is 177. The van der Waals surface area contributed by atoms with Crippen molar-refractivity contribution in [3.8, 4) is 39.5 Å². The van der Waals surface area contributed by atoms with Gasteiger partial charge in [0.2, 0.25) is 0 Å². The average molecular weight is 1970 g/mol. The number of aliphatic hydroxyl groups excluding tert-OH is 1. The minimum Gasteiger partial charge on any atom is -1.00 e. The number of pyridine rings is 1. The molecule has 0 fully saturated rings. The number of hydrogen-bond acceptors (Lipinski definition) is 17. The molecule has 0 amide bonds. The van der Waals surface area contributed by atoms with Gasteiger partial charge in [0.1, 0.15) is 61.2 Å². The Balaban J connectivity index is 0.000000418. The van der Waals surface area contributed by atoms with Crippen LogP contribution in [0.5, 0.6) is 17.2 Å². The fourth-order valence-electron chi connectivity index (χ4n) is 12.3. The summed E-state index contributed by atoms with van der Waals surface area (Å²) in [5, 5.41) is 25.5. The Bertz CT molecular complexity index is 6230. The van der Waals surface area contributed by atoms with Gasteiger partial charge in [0.15, 0.2) is 41.0 Å². The van der Waals surface area contributed by atoms with E-state index in [9.17, 15) is 87.1 Å². The molecule has 5 heterocycles. The van der Waals surface area contributed by atoms with Crippen LogP contribution in [0.3, 0.4) is 0 Å². The number of aromatic nitrogens is 9. The quantitative estimate of drug-likeness (QED) is 0.0239. The molecule has 0 bridgehead atoms. The molecule has 0 saturated heterocycles. The van der Waals surface area contributed by atoms with Crippen molar-refractivity contribution in [1.29, 1.82) is 0 Å². The van der Waals surface area contributed by atoms with Crippen molar-refractivity contribution < 1.29 is 113 Å². The Morgan fingerprint density at radius 2 is 0.748 bits per heavy atom. The third-order valence-electron chi connectivity index (χ3n) is 19.0. The summed E-state index contributed by atoms with van der Waals surface area (Å²) >= 11 is 6.20. The molecular formula is C90H95B2Br2F11N10NaO15. The van der Waals surface area contributed by atoms with Gasteiger partial charge in [0.05, 0.1) is 58.6 Å². The zero-order chi connectivity index (χ0) is 96.4. The second kappa shape index (κ2) is 52.0. The number of carbonyl (C=O) groups excluding carboxylic acids is 1. The summed E-state index contributed by atoms with van der Waals surface area (Å²) in [6, 6.07) is 31.1. The summed E-state index contributed by atoms with van der Waals surface area (Å²) in [4.78, 5) is 116. The van der Waals surface area contributed by atoms with Crippen LogP contribution in [0, 0.1) is 109 Å². The number of methoxy groups -OCH3 is 3. The van der Waals surface area contributed by atoms with Crippen LogP contribution in [0.25, 0.3) is 22.3 Å². The second-order valence-electron chi connectivity index (χ2n) is 29.8. The Kier molecular flexibility index (Phi) is 44.5. The van der Waals surface area contributed by atoms with Gasteiger partial charge in [-0.25, -0.2) is 67.5 Å². The van der Waals surface area contributed by atoms with Crippen molar-refractivity contribution in [2.45, 2.75) is 128 Å². The minimum absolute atomic E-state index is 0. The summed E-state index contributed by atoms with van der Waals surface area (Å²) in [6.45, 7) is 17.8. The van der Waals surface area contributed by atoms with Gasteiger partial charge in [-0.3, -0.25) is 65.9 Å². The number of benzene rings is 7. The number of ether oxygens (including phenoxy) is 3. The van der Waals surface area contributed by atoms with Crippen LogP contribution < -0.4 is 100.0 Å². The van der Waals surface area contributed by atoms with Gasteiger partial charge in [-0.15, -0.1) is 0 Å². The van der Waals surface area contributed by atoms with Crippen molar-refractivity contribution in [3.63, 3.8) is 0 Å². The van der Waals surface area contributed by atoms with E-state index in [-0.39, 0.29) is 172 Å². The van der Waals surface area contributed by atoms with Gasteiger partial charge in [0.25, 0.3) is 22.2 Å². The number of hydrogen-bond donors (Lipinski definition) is 5. The van der Waals surface area contributed by atoms with Crippen molar-refractivity contribution in [1.82, 2.24) is 41.9 Å². The molecule has 0 unspecified atom stereocenters. The third kappa shape index (κ3) is 28.8. The second-order valence-corrected chi connectivity index (χ2v) is 31.4. The fourth-order valence-corrected chi connectivity index (χ4v) is 13.1. The molecule has 1 atom stereocenters. The summed E-state index contributed by atoms with van der Waals surface area (Å²) in [5.74, 6) is -8.26. The molecule has 3 radical (unpaired) electrons. The number of H-pyrrole nitrogens is 1. The molecule has 131 heavy (non-hydrogen) atoms. The van der Waals surface area contributed by atoms with E-state index in [1.54, 1.807) is 38.2 Å². The van der Waals surface area contributed by atoms with Gasteiger partial charge in [-0.2, -0.15) is 0 Å². The van der Waals surface area contributed by atoms with E-state index in [1.807, 2.05) is 41.5 Å². The van der Waals surface area contributed by atoms with E-state index in [1.165, 1.54) is 126 Å². The zero-order valence-electron chi connectivity index (χ0n) is 74.9. The Morgan fingerprint density at radius 1 is 0.435 bits per heavy atom. The van der Waals surface area contributed by atoms with Gasteiger partial charge in [-0.05, 0) is 163 Å². The first-order valence-corrected chi connectivity index (χ1v) is 40.9. The molecule has 6 N–H and O–H groups in total. The van der Waals surface area contributed by atoms with E-state index in [2.05, 4.69) is 46.6 Å². The van der Waals surface area contributed by atoms with Crippen LogP contribution in [0.15, 0.2) is 199 Å². The fraction of sp³-hybridized carbons (Fsp3) is 0.289. The summed E-state index contributed by atoms with van der Waals surface area (Å²) in [7, 11) is 2.09. The monoisotopic (exact) mass is 1970 g/mol. The molecule has 25 nitrogen and oxygen atoms in total. The van der Waals surface area contributed by atoms with E-state index >= 15 is 4.39 Å². The van der Waals surface area contributed by atoms with Gasteiger partial charge >= 0.3 is 59.4 Å². The Morgan fingerprint density at radius 3 is 1.05 bits per heavy atom. The summed E-state index contributed by atoms with van der Waals surface area (Å²) in [6.07, 6.45) is 2.31. The number of aromatic amines is 1. The topological polar surface area (TPSA) is 331 Å². The molecule has 0 aliphatic carbocycles. The van der Waals surface area contributed by atoms with Gasteiger partial charge in [-0.1, -0.05) is 108 Å². The van der Waals surface area contributed by atoms with Crippen molar-refractivity contribution in [2.75, 3.05) is 27.9 Å². The maximum atomic E-state index is 15.0. The molecular weight excluding hydrogens is 1870 g/mol. The minimum atomic E-state index is -1.81. The Labute approximate surface area is 787 Å². The van der Waals surface area contributed by atoms with Gasteiger partial charge in [0, 0.05) is 109 Å². The largest absolute Gasteiger partial charge is 1.00 e. The number of rotatable bonds is 22. The molecule has 5 aromatic heterocycles. The number of nitrogens with zero attached hydrogens (tertiary/aromatic N) is 8. The number of nitrogens with one attached hydrogen (secondary N) is 1. The van der Waals surface area contributed by atoms with Crippen LogP contribution >= 0.6 is 31.9 Å². The molecule has 41 heteroatoms. The number of aliphatic hydroxyl groups is 1. The zero-order valence-corrected chi connectivity index (χ0v) is 79.1. The molecule has 0 aliphatic rings. The smallest absolute Gasteiger partial charge is 1.00 e. The number of carbonyl (C=O) groups is 1. The van der Waals surface area contributed by atoms with Crippen LogP contribution in [0.1, 0.15) is 105 Å². The normalized spacial score (nSPS) is 10.8. The summed E-state index contributed by atoms with van der Waals surface area (Å²) in [5.41, 5.74) is 0.206. The molecule has 0 aliphatic heterocycles. The van der Waals surface area contributed by atoms with E-state index in [4.69, 9.17) is 30.4 Å². The number of halogens is 13. The number of aldehydes is 1. The van der Waals surface area contributed by atoms with E-state index in [0.29, 0.717) is 29.6 Å². The van der Waals surface area contributed by atoms with Crippen LogP contribution in [0.4, 0.5) is 48.3 Å². The molecule has 12 aromatic rings. The average Bonchev–Trinajstić information content (AvgIpc) is 0.759. The maximum absolute atomic E-state index is 15.0. The van der Waals surface area contributed by atoms with Crippen LogP contribution in [-0.4, -0.2) is 113 Å². The van der Waals surface area contributed by atoms with Crippen LogP contribution in [-0.2, 0) is 45.8 Å². The molecule has 0 saturated carbocycles. The molecule has 7 aromatic carbocycles. The first-order valence-electron chi connectivity index (χ1n) is 39.3. The molecule has 693 valence electrons. The standard InChI is InChI=1S/C23H23F3N2O3.C22H22F3N3O3.C16H17BrF2N2O2.C12H9BrF2N2O2.C7H8BFO3.C6H5NO.C4H10O.B.Na.H/c1-13(2)11-28-22(29)20(15-7-5-10-19(31-4)21(15)26)14(3)27(23(28)30)12-16-17(24)8-6-9-18(16)25;1-12(26)10-28-21(29)19(14-6-4-9-18(31-3)20(14)25)13(2)27(22(28)30)11-15-16(23)7-5-8-17(15)24;1-9(2)7-21-15(22)14(17)10(3)20(16(21)23)8-11-12(18)5-4-6-13(11)19;1-6-10(13)11(18)16-12(19)17(6)5-7-8(14)3-2-4-9(7)15;1-12-6-4-2-3-5(7(6)9)8(10)11;8-5-6-3-1-2-4-7-6;1-4(2)3-5;;;/h5-10,13H,11-12H2,1-4H3;4-9,12H,10-11,26H2,1-3H3;4-6,9H,7-8H2,1-3H3;2-4H,5H2,1H3,(H,16,18,19);2-4,10-11H,1H3;1-5H;4-5H,3H2,1-2H3;;;/q;;;;;;;;+1;-1/t;12-;;;;;;;;/m.1......../s1. The van der Waals surface area contributed by atoms with Crippen molar-refractivity contribution in [2.24, 2.45) is 23.5 Å². The van der Waals surface area contributed by atoms with Crippen molar-refractivity contribution in [3.05, 3.63) is 359 Å². The van der Waals surface area contributed by atoms with Crippen LogP contribution in [0.2, 0.25) is 0 Å². The van der Waals surface area contributed by atoms with Crippen molar-refractivity contribution >= 4 is 59.1 Å². The predicted octanol–water partition coefficient (Wildman–Crippen LogP) is 9.70. The van der Waals surface area contributed by atoms with E-state index < -0.39 is 135 Å². The van der Waals surface area contributed by atoms with Gasteiger partial charge < -0.3 is 36.5 Å². The number of nitrogens with two attached hydrogens (primary N) is 1. The van der Waals surface area contributed by atoms with E-state index in [0.717, 1.165) is 82.2 Å². The first kappa shape index (κ1) is 112. The molecule has 0 spiro atoms. The first-order chi connectivity index (χ1) is 60.8. The third-order valence-corrected chi connectivity index (χ3v) is 20.9. The molecule has 12 rings (SSSR count). The Hall–Kier alpha value is -11.4.